The first-order valence-corrected chi connectivity index (χ1v) is 8.42. The molecule has 0 saturated carbocycles. The van der Waals surface area contributed by atoms with Crippen LogP contribution >= 0.6 is 0 Å². The summed E-state index contributed by atoms with van der Waals surface area (Å²) >= 11 is 0. The number of carbonyl (C=O) groups is 1. The van der Waals surface area contributed by atoms with Gasteiger partial charge in [-0.15, -0.1) is 0 Å². The summed E-state index contributed by atoms with van der Waals surface area (Å²) in [5.41, 5.74) is -5.55. The second-order valence-corrected chi connectivity index (χ2v) is 7.24. The minimum atomic E-state index is -5.73. The van der Waals surface area contributed by atoms with E-state index >= 15 is 0 Å². The van der Waals surface area contributed by atoms with Gasteiger partial charge in [0.25, 0.3) is 9.84 Å². The van der Waals surface area contributed by atoms with Crippen molar-refractivity contribution < 1.29 is 31.1 Å². The molecule has 2 atom stereocenters. The Morgan fingerprint density at radius 1 is 0.917 bits per heavy atom. The van der Waals surface area contributed by atoms with Gasteiger partial charge in [-0.1, -0.05) is 48.5 Å². The first-order valence-electron chi connectivity index (χ1n) is 6.88. The fourth-order valence-corrected chi connectivity index (χ4v) is 3.82. The molecular formula is C16H11F3O4S. The van der Waals surface area contributed by atoms with E-state index in [-0.39, 0.29) is 11.3 Å². The number of halogens is 3. The molecule has 1 aliphatic heterocycles. The molecule has 0 amide bonds. The maximum atomic E-state index is 13.0. The lowest BCUT2D eigenvalue weighted by atomic mass is 9.96. The van der Waals surface area contributed by atoms with Crippen LogP contribution in [0.25, 0.3) is 0 Å². The smallest absolute Gasteiger partial charge is 0.477 e. The summed E-state index contributed by atoms with van der Waals surface area (Å²) < 4.78 is 68.5. The molecule has 3 rings (SSSR count). The fraction of sp³-hybridized carbons (Fsp3) is 0.188. The van der Waals surface area contributed by atoms with Gasteiger partial charge in [0.05, 0.1) is 0 Å². The predicted octanol–water partition coefficient (Wildman–Crippen LogP) is 3.37. The predicted molar refractivity (Wildman–Crippen MR) is 79.0 cm³/mol. The summed E-state index contributed by atoms with van der Waals surface area (Å²) in [6, 6.07) is 13.2. The number of Topliss-reactive ketones (excluding diaryl/α,β-unsaturated/α-hetero) is 1. The van der Waals surface area contributed by atoms with Crippen LogP contribution in [-0.2, 0) is 14.6 Å². The third-order valence-corrected chi connectivity index (χ3v) is 5.45. The second kappa shape index (κ2) is 5.62. The molecule has 126 valence electrons. The molecule has 0 fully saturated rings. The zero-order valence-corrected chi connectivity index (χ0v) is 12.8. The number of ether oxygens (including phenoxy) is 1. The average molecular weight is 356 g/mol. The summed E-state index contributed by atoms with van der Waals surface area (Å²) in [7, 11) is -5.73. The number of fused-ring (bicyclic) bond motifs is 1. The highest BCUT2D eigenvalue weighted by Crippen LogP contribution is 2.46. The molecule has 0 N–H and O–H groups in total. The van der Waals surface area contributed by atoms with Gasteiger partial charge in [-0.05, 0) is 11.6 Å². The van der Waals surface area contributed by atoms with E-state index in [1.165, 1.54) is 30.3 Å². The molecule has 2 aromatic rings. The van der Waals surface area contributed by atoms with E-state index in [4.69, 9.17) is 4.74 Å². The van der Waals surface area contributed by atoms with E-state index in [9.17, 15) is 26.4 Å². The lowest BCUT2D eigenvalue weighted by Crippen LogP contribution is -2.39. The van der Waals surface area contributed by atoms with Gasteiger partial charge in [-0.2, -0.15) is 13.2 Å². The standard InChI is InChI=1S/C16H11F3O4S/c17-16(18,19)24(21,22)15-11-8-4-5-9-12(11)23-14(13(15)20)10-6-2-1-3-7-10/h1-9,14-15H. The van der Waals surface area contributed by atoms with Gasteiger partial charge in [0, 0.05) is 5.56 Å². The van der Waals surface area contributed by atoms with Crippen molar-refractivity contribution in [1.82, 2.24) is 0 Å². The van der Waals surface area contributed by atoms with Crippen molar-refractivity contribution in [2.24, 2.45) is 0 Å². The lowest BCUT2D eigenvalue weighted by molar-refractivity contribution is -0.127. The van der Waals surface area contributed by atoms with Gasteiger partial charge < -0.3 is 4.74 Å². The van der Waals surface area contributed by atoms with Gasteiger partial charge in [-0.25, -0.2) is 8.42 Å². The molecule has 0 aliphatic carbocycles. The molecule has 0 aromatic heterocycles. The van der Waals surface area contributed by atoms with Crippen LogP contribution in [0, 0.1) is 0 Å². The lowest BCUT2D eigenvalue weighted by Gasteiger charge is -2.31. The monoisotopic (exact) mass is 356 g/mol. The Kier molecular flexibility index (Phi) is 3.87. The molecule has 0 spiro atoms. The van der Waals surface area contributed by atoms with Gasteiger partial charge >= 0.3 is 5.51 Å². The molecule has 0 bridgehead atoms. The fourth-order valence-electron chi connectivity index (χ4n) is 2.59. The van der Waals surface area contributed by atoms with Crippen molar-refractivity contribution >= 4 is 15.6 Å². The number of sulfone groups is 1. The summed E-state index contributed by atoms with van der Waals surface area (Å²) in [6.45, 7) is 0. The molecule has 1 aliphatic rings. The Labute approximate surface area is 135 Å². The number of rotatable bonds is 2. The van der Waals surface area contributed by atoms with Crippen molar-refractivity contribution in [3.8, 4) is 5.75 Å². The average Bonchev–Trinajstić information content (AvgIpc) is 2.53. The minimum Gasteiger partial charge on any atom is -0.477 e. The van der Waals surface area contributed by atoms with E-state index in [1.54, 1.807) is 18.2 Å². The molecule has 0 saturated heterocycles. The van der Waals surface area contributed by atoms with E-state index in [0.717, 1.165) is 6.07 Å². The molecular weight excluding hydrogens is 345 g/mol. The summed E-state index contributed by atoms with van der Waals surface area (Å²) in [5.74, 6) is -1.21. The second-order valence-electron chi connectivity index (χ2n) is 5.22. The number of benzene rings is 2. The maximum Gasteiger partial charge on any atom is 0.498 e. The third-order valence-electron chi connectivity index (χ3n) is 3.70. The minimum absolute atomic E-state index is 0.0521. The van der Waals surface area contributed by atoms with E-state index < -0.39 is 32.5 Å². The zero-order chi connectivity index (χ0) is 17.5. The van der Waals surface area contributed by atoms with Crippen LogP contribution < -0.4 is 4.74 Å². The molecule has 0 radical (unpaired) electrons. The zero-order valence-electron chi connectivity index (χ0n) is 12.0. The highest BCUT2D eigenvalue weighted by molar-refractivity contribution is 7.93. The number of para-hydroxylation sites is 1. The van der Waals surface area contributed by atoms with E-state index in [2.05, 4.69) is 0 Å². The molecule has 2 unspecified atom stereocenters. The Bertz CT molecular complexity index is 876. The third kappa shape index (κ3) is 2.56. The number of ketones is 1. The number of hydrogen-bond acceptors (Lipinski definition) is 4. The van der Waals surface area contributed by atoms with Crippen molar-refractivity contribution in [2.45, 2.75) is 16.9 Å². The van der Waals surface area contributed by atoms with Crippen LogP contribution in [0.2, 0.25) is 0 Å². The largest absolute Gasteiger partial charge is 0.498 e. The molecule has 1 heterocycles. The van der Waals surface area contributed by atoms with Gasteiger partial charge in [0.15, 0.2) is 11.4 Å². The van der Waals surface area contributed by atoms with Crippen LogP contribution in [0.1, 0.15) is 22.5 Å². The van der Waals surface area contributed by atoms with Crippen LogP contribution in [-0.4, -0.2) is 19.7 Å². The van der Waals surface area contributed by atoms with Crippen LogP contribution in [0.3, 0.4) is 0 Å². The Hall–Kier alpha value is -2.35. The van der Waals surface area contributed by atoms with Gasteiger partial charge in [0.1, 0.15) is 5.75 Å². The highest BCUT2D eigenvalue weighted by Gasteiger charge is 2.57. The Morgan fingerprint density at radius 2 is 1.50 bits per heavy atom. The van der Waals surface area contributed by atoms with Gasteiger partial charge in [0.2, 0.25) is 5.78 Å². The van der Waals surface area contributed by atoms with Crippen molar-refractivity contribution in [3.05, 3.63) is 65.7 Å². The number of alkyl halides is 3. The Balaban J connectivity index is 2.19. The number of hydrogen-bond donors (Lipinski definition) is 0. The normalized spacial score (nSPS) is 21.0. The van der Waals surface area contributed by atoms with Crippen molar-refractivity contribution in [2.75, 3.05) is 0 Å². The SMILES string of the molecule is O=C1C(c2ccccc2)Oc2ccccc2C1S(=O)(=O)C(F)(F)F. The molecule has 8 heteroatoms. The Morgan fingerprint density at radius 3 is 2.12 bits per heavy atom. The number of carbonyl (C=O) groups excluding carboxylic acids is 1. The summed E-state index contributed by atoms with van der Waals surface area (Å²) in [5, 5.41) is -2.34. The molecule has 4 nitrogen and oxygen atoms in total. The van der Waals surface area contributed by atoms with Gasteiger partial charge in [-0.3, -0.25) is 4.79 Å². The highest BCUT2D eigenvalue weighted by atomic mass is 32.2. The first kappa shape index (κ1) is 16.5. The summed E-state index contributed by atoms with van der Waals surface area (Å²) in [4.78, 5) is 12.6. The van der Waals surface area contributed by atoms with Crippen LogP contribution in [0.15, 0.2) is 54.6 Å². The maximum absolute atomic E-state index is 13.0. The first-order chi connectivity index (χ1) is 11.2. The van der Waals surface area contributed by atoms with Crippen LogP contribution in [0.4, 0.5) is 13.2 Å². The topological polar surface area (TPSA) is 60.4 Å². The van der Waals surface area contributed by atoms with Crippen molar-refractivity contribution in [1.29, 1.82) is 0 Å². The molecule has 2 aromatic carbocycles. The quantitative estimate of drug-likeness (QED) is 0.828. The van der Waals surface area contributed by atoms with Crippen molar-refractivity contribution in [3.63, 3.8) is 0 Å². The molecule has 24 heavy (non-hydrogen) atoms. The summed E-state index contributed by atoms with van der Waals surface area (Å²) in [6.07, 6.45) is -1.41. The van der Waals surface area contributed by atoms with Crippen LogP contribution in [0.5, 0.6) is 5.75 Å². The van der Waals surface area contributed by atoms with E-state index in [0.29, 0.717) is 5.56 Å². The van der Waals surface area contributed by atoms with E-state index in [1.807, 2.05) is 0 Å².